The number of para-hydroxylation sites is 1. The van der Waals surface area contributed by atoms with E-state index in [9.17, 15) is 19.2 Å². The van der Waals surface area contributed by atoms with Gasteiger partial charge in [-0.25, -0.2) is 4.79 Å². The van der Waals surface area contributed by atoms with Gasteiger partial charge in [0.1, 0.15) is 23.6 Å². The van der Waals surface area contributed by atoms with E-state index in [0.717, 1.165) is 15.8 Å². The minimum absolute atomic E-state index is 0.0215. The second kappa shape index (κ2) is 9.18. The van der Waals surface area contributed by atoms with E-state index in [0.29, 0.717) is 17.1 Å². The van der Waals surface area contributed by atoms with Crippen molar-refractivity contribution in [2.45, 2.75) is 19.6 Å². The third-order valence-electron chi connectivity index (χ3n) is 5.55. The number of hydrogen-bond donors (Lipinski definition) is 2. The summed E-state index contributed by atoms with van der Waals surface area (Å²) in [6.45, 7) is 0.170. The van der Waals surface area contributed by atoms with Crippen LogP contribution in [0.2, 0.25) is 0 Å². The van der Waals surface area contributed by atoms with Crippen molar-refractivity contribution in [3.05, 3.63) is 89.9 Å². The van der Waals surface area contributed by atoms with Gasteiger partial charge in [0, 0.05) is 22.7 Å². The molecule has 35 heavy (non-hydrogen) atoms. The molecule has 10 nitrogen and oxygen atoms in total. The number of hydrogen-bond acceptors (Lipinski definition) is 6. The zero-order valence-electron chi connectivity index (χ0n) is 18.4. The Morgan fingerprint density at radius 2 is 1.71 bits per heavy atom. The molecule has 3 aromatic heterocycles. The molecule has 1 aliphatic heterocycles. The van der Waals surface area contributed by atoms with Crippen LogP contribution in [-0.4, -0.2) is 33.2 Å². The second-order valence-electron chi connectivity index (χ2n) is 7.87. The summed E-state index contributed by atoms with van der Waals surface area (Å²) in [7, 11) is 0. The number of rotatable bonds is 7. The Morgan fingerprint density at radius 1 is 0.971 bits per heavy atom. The number of furan rings is 2. The van der Waals surface area contributed by atoms with Gasteiger partial charge in [0.25, 0.3) is 11.8 Å². The average Bonchev–Trinajstić information content (AvgIpc) is 3.61. The van der Waals surface area contributed by atoms with Gasteiger partial charge in [-0.1, -0.05) is 18.2 Å². The molecule has 0 spiro atoms. The van der Waals surface area contributed by atoms with Crippen molar-refractivity contribution in [2.24, 2.45) is 0 Å². The summed E-state index contributed by atoms with van der Waals surface area (Å²) >= 11 is 0. The topological polar surface area (TPSA) is 127 Å². The molecule has 0 atom stereocenters. The van der Waals surface area contributed by atoms with E-state index in [1.165, 1.54) is 18.6 Å². The van der Waals surface area contributed by atoms with Gasteiger partial charge in [-0.3, -0.25) is 24.6 Å². The molecule has 1 saturated heterocycles. The summed E-state index contributed by atoms with van der Waals surface area (Å²) < 4.78 is 12.2. The van der Waals surface area contributed by atoms with Crippen LogP contribution in [0, 0.1) is 0 Å². The fourth-order valence-electron chi connectivity index (χ4n) is 3.88. The lowest BCUT2D eigenvalue weighted by Crippen LogP contribution is -2.53. The number of carbonyl (C=O) groups excluding carboxylic acids is 4. The third kappa shape index (κ3) is 4.49. The first-order valence-corrected chi connectivity index (χ1v) is 10.8. The summed E-state index contributed by atoms with van der Waals surface area (Å²) in [4.78, 5) is 51.3. The maximum absolute atomic E-state index is 13.0. The number of fused-ring (bicyclic) bond motifs is 1. The lowest BCUT2D eigenvalue weighted by molar-refractivity contribution is -0.130. The molecule has 1 aliphatic rings. The Hall–Kier alpha value is -4.86. The van der Waals surface area contributed by atoms with Crippen LogP contribution >= 0.6 is 0 Å². The van der Waals surface area contributed by atoms with Gasteiger partial charge in [-0.05, 0) is 36.4 Å². The zero-order chi connectivity index (χ0) is 24.4. The van der Waals surface area contributed by atoms with Crippen LogP contribution in [0.1, 0.15) is 17.1 Å². The van der Waals surface area contributed by atoms with Crippen LogP contribution in [0.25, 0.3) is 17.0 Å². The van der Waals surface area contributed by atoms with E-state index in [1.807, 2.05) is 24.3 Å². The smallest absolute Gasteiger partial charge is 0.331 e. The normalized spacial score (nSPS) is 15.1. The van der Waals surface area contributed by atoms with E-state index in [1.54, 1.807) is 35.0 Å². The highest BCUT2D eigenvalue weighted by atomic mass is 16.3. The van der Waals surface area contributed by atoms with Crippen LogP contribution in [0.15, 0.2) is 81.7 Å². The molecule has 10 heteroatoms. The van der Waals surface area contributed by atoms with Gasteiger partial charge in [-0.2, -0.15) is 0 Å². The van der Waals surface area contributed by atoms with Gasteiger partial charge in [0.2, 0.25) is 5.91 Å². The number of urea groups is 1. The highest BCUT2D eigenvalue weighted by Crippen LogP contribution is 2.25. The van der Waals surface area contributed by atoms with Gasteiger partial charge in [-0.15, -0.1) is 0 Å². The van der Waals surface area contributed by atoms with Crippen molar-refractivity contribution < 1.29 is 28.0 Å². The van der Waals surface area contributed by atoms with E-state index < -0.39 is 17.8 Å². The first kappa shape index (κ1) is 22.0. The molecule has 5 rings (SSSR count). The number of nitrogens with one attached hydrogen (secondary N) is 2. The highest BCUT2D eigenvalue weighted by Gasteiger charge is 2.36. The Kier molecular flexibility index (Phi) is 5.76. The van der Waals surface area contributed by atoms with Gasteiger partial charge < -0.3 is 18.7 Å². The minimum Gasteiger partial charge on any atom is -0.467 e. The molecule has 0 bridgehead atoms. The molecule has 0 saturated carbocycles. The van der Waals surface area contributed by atoms with E-state index in [4.69, 9.17) is 8.83 Å². The maximum Gasteiger partial charge on any atom is 0.331 e. The van der Waals surface area contributed by atoms with Crippen LogP contribution in [0.4, 0.5) is 4.79 Å². The lowest BCUT2D eigenvalue weighted by Gasteiger charge is -2.25. The zero-order valence-corrected chi connectivity index (χ0v) is 18.4. The van der Waals surface area contributed by atoms with E-state index >= 15 is 0 Å². The SMILES string of the molecule is O=C(Cn1cc(/C=C2/C(=O)NC(=O)N(Cc3ccco3)C2=O)c2ccccc21)NCc1ccco1. The largest absolute Gasteiger partial charge is 0.467 e. The fourth-order valence-corrected chi connectivity index (χ4v) is 3.88. The maximum atomic E-state index is 13.0. The van der Waals surface area contributed by atoms with Crippen LogP contribution in [0.3, 0.4) is 0 Å². The molecule has 5 amide bonds. The summed E-state index contributed by atoms with van der Waals surface area (Å²) in [6.07, 6.45) is 6.09. The molecule has 4 heterocycles. The quantitative estimate of drug-likeness (QED) is 0.315. The van der Waals surface area contributed by atoms with Crippen molar-refractivity contribution in [3.8, 4) is 0 Å². The van der Waals surface area contributed by atoms with Gasteiger partial charge in [0.15, 0.2) is 0 Å². The summed E-state index contributed by atoms with van der Waals surface area (Å²) in [5, 5.41) is 5.74. The third-order valence-corrected chi connectivity index (χ3v) is 5.55. The summed E-state index contributed by atoms with van der Waals surface area (Å²) in [6, 6.07) is 13.3. The van der Waals surface area contributed by atoms with Crippen molar-refractivity contribution >= 4 is 40.7 Å². The Labute approximate surface area is 198 Å². The first-order valence-electron chi connectivity index (χ1n) is 10.8. The minimum atomic E-state index is -0.816. The van der Waals surface area contributed by atoms with Crippen LogP contribution in [0.5, 0.6) is 0 Å². The number of benzene rings is 1. The molecule has 4 aromatic rings. The van der Waals surface area contributed by atoms with Crippen molar-refractivity contribution in [3.63, 3.8) is 0 Å². The predicted octanol–water partition coefficient (Wildman–Crippen LogP) is 2.81. The Morgan fingerprint density at radius 3 is 2.46 bits per heavy atom. The van der Waals surface area contributed by atoms with Crippen molar-refractivity contribution in [2.75, 3.05) is 0 Å². The number of barbiturate groups is 1. The van der Waals surface area contributed by atoms with Crippen molar-refractivity contribution in [1.82, 2.24) is 20.1 Å². The summed E-state index contributed by atoms with van der Waals surface area (Å²) in [5.41, 5.74) is 1.12. The van der Waals surface area contributed by atoms with E-state index in [-0.39, 0.29) is 31.1 Å². The molecule has 1 fully saturated rings. The molecule has 2 N–H and O–H groups in total. The lowest BCUT2D eigenvalue weighted by atomic mass is 10.1. The molecule has 176 valence electrons. The van der Waals surface area contributed by atoms with Crippen molar-refractivity contribution in [1.29, 1.82) is 0 Å². The monoisotopic (exact) mass is 472 g/mol. The average molecular weight is 472 g/mol. The Bertz CT molecular complexity index is 1450. The molecule has 0 unspecified atom stereocenters. The predicted molar refractivity (Wildman–Crippen MR) is 123 cm³/mol. The number of aromatic nitrogens is 1. The van der Waals surface area contributed by atoms with Crippen LogP contribution < -0.4 is 10.6 Å². The molecular weight excluding hydrogens is 452 g/mol. The number of nitrogens with zero attached hydrogens (tertiary/aromatic N) is 2. The Balaban J connectivity index is 1.42. The first-order chi connectivity index (χ1) is 17.0. The molecular formula is C25H20N4O6. The second-order valence-corrected chi connectivity index (χ2v) is 7.87. The number of amides is 5. The van der Waals surface area contributed by atoms with Gasteiger partial charge >= 0.3 is 6.03 Å². The standard InChI is InChI=1S/C25H20N4O6/c30-22(26-12-17-5-3-9-34-17)15-28-13-16(19-7-1-2-8-21(19)28)11-20-23(31)27-25(33)29(24(20)32)14-18-6-4-10-35-18/h1-11,13H,12,14-15H2,(H,26,30)(H,27,31,33)/b20-11-. The van der Waals surface area contributed by atoms with E-state index in [2.05, 4.69) is 10.6 Å². The number of imide groups is 2. The van der Waals surface area contributed by atoms with Crippen LogP contribution in [-0.2, 0) is 34.0 Å². The highest BCUT2D eigenvalue weighted by molar-refractivity contribution is 6.31. The number of carbonyl (C=O) groups is 4. The molecule has 1 aromatic carbocycles. The van der Waals surface area contributed by atoms with Gasteiger partial charge in [0.05, 0.1) is 25.6 Å². The molecule has 0 radical (unpaired) electrons. The fraction of sp³-hybridized carbons (Fsp3) is 0.120. The molecule has 0 aliphatic carbocycles. The summed E-state index contributed by atoms with van der Waals surface area (Å²) in [5.74, 6) is -0.717.